The van der Waals surface area contributed by atoms with Crippen LogP contribution in [0.25, 0.3) is 0 Å². The fourth-order valence-electron chi connectivity index (χ4n) is 0.754. The molecule has 6 heteroatoms. The average molecular weight is 236 g/mol. The largest absolute Gasteiger partial charge is 0.345 e. The molecule has 0 aliphatic carbocycles. The molecule has 0 fully saturated rings. The molecule has 4 nitrogen and oxygen atoms in total. The Kier molecular flexibility index (Phi) is 7.04. The number of hydrogen-bond donors (Lipinski definition) is 3. The maximum absolute atomic E-state index is 11.5. The lowest BCUT2D eigenvalue weighted by molar-refractivity contribution is -0.127. The Balaban J connectivity index is 4.09. The van der Waals surface area contributed by atoms with Gasteiger partial charge in [0, 0.05) is 5.75 Å². The molecule has 2 atom stereocenters. The van der Waals surface area contributed by atoms with Crippen LogP contribution in [0.4, 0.5) is 0 Å². The Morgan fingerprint density at radius 1 is 1.50 bits per heavy atom. The zero-order chi connectivity index (χ0) is 11.1. The highest BCUT2D eigenvalue weighted by Gasteiger charge is 2.19. The molecule has 0 aliphatic rings. The van der Waals surface area contributed by atoms with Crippen LogP contribution in [0.1, 0.15) is 13.8 Å². The quantitative estimate of drug-likeness (QED) is 0.579. The van der Waals surface area contributed by atoms with Crippen molar-refractivity contribution in [1.29, 1.82) is 0 Å². The van der Waals surface area contributed by atoms with Gasteiger partial charge in [-0.3, -0.25) is 14.3 Å². The maximum Gasteiger partial charge on any atom is 0.239 e. The summed E-state index contributed by atoms with van der Waals surface area (Å²) in [6, 6.07) is -0.802. The Morgan fingerprint density at radius 3 is 2.43 bits per heavy atom. The average Bonchev–Trinajstić information content (AvgIpc) is 2.13. The highest BCUT2D eigenvalue weighted by atomic mass is 32.2. The summed E-state index contributed by atoms with van der Waals surface area (Å²) in [4.78, 5) is 22.4. The molecule has 0 aromatic rings. The van der Waals surface area contributed by atoms with Crippen molar-refractivity contribution in [1.82, 2.24) is 10.0 Å². The first-order chi connectivity index (χ1) is 6.52. The van der Waals surface area contributed by atoms with Crippen LogP contribution < -0.4 is 10.0 Å². The second-order valence-electron chi connectivity index (χ2n) is 2.98. The summed E-state index contributed by atoms with van der Waals surface area (Å²) in [7, 11) is 0. The van der Waals surface area contributed by atoms with Gasteiger partial charge in [-0.25, -0.2) is 0 Å². The fourth-order valence-corrected chi connectivity index (χ4v) is 1.65. The maximum atomic E-state index is 11.5. The van der Waals surface area contributed by atoms with E-state index in [4.69, 9.17) is 0 Å². The first-order valence-corrected chi connectivity index (χ1v) is 6.06. The van der Waals surface area contributed by atoms with Gasteiger partial charge in [0.05, 0.1) is 6.04 Å². The van der Waals surface area contributed by atoms with Gasteiger partial charge in [-0.1, -0.05) is 12.8 Å². The van der Waals surface area contributed by atoms with Crippen molar-refractivity contribution in [2.75, 3.05) is 12.0 Å². The number of carbonyl (C=O) groups is 2. The molecule has 1 amide bonds. The van der Waals surface area contributed by atoms with Crippen molar-refractivity contribution in [2.45, 2.75) is 25.9 Å². The van der Waals surface area contributed by atoms with Crippen molar-refractivity contribution in [2.24, 2.45) is 0 Å². The van der Waals surface area contributed by atoms with Crippen LogP contribution in [0.3, 0.4) is 0 Å². The van der Waals surface area contributed by atoms with Crippen molar-refractivity contribution in [3.8, 4) is 0 Å². The van der Waals surface area contributed by atoms with Gasteiger partial charge in [0.2, 0.25) is 5.91 Å². The third-order valence-corrected chi connectivity index (χ3v) is 2.75. The summed E-state index contributed by atoms with van der Waals surface area (Å²) >= 11 is 5.39. The van der Waals surface area contributed by atoms with Crippen molar-refractivity contribution in [3.63, 3.8) is 0 Å². The van der Waals surface area contributed by atoms with E-state index in [0.717, 1.165) is 0 Å². The second kappa shape index (κ2) is 7.14. The SMILES string of the molecule is CSCC(NS)C(=O)NC(C)C(C)=O. The summed E-state index contributed by atoms with van der Waals surface area (Å²) in [5, 5.41) is 2.60. The number of ketones is 1. The monoisotopic (exact) mass is 236 g/mol. The number of Topliss-reactive ketones (excluding diaryl/α,β-unsaturated/α-hetero) is 1. The summed E-state index contributed by atoms with van der Waals surface area (Å²) in [6.07, 6.45) is 1.90. The first kappa shape index (κ1) is 13.8. The fraction of sp³-hybridized carbons (Fsp3) is 0.750. The summed E-state index contributed by atoms with van der Waals surface area (Å²) in [6.45, 7) is 3.11. The molecule has 0 bridgehead atoms. The number of thioether (sulfide) groups is 1. The van der Waals surface area contributed by atoms with Gasteiger partial charge in [-0.2, -0.15) is 11.8 Å². The molecule has 0 rings (SSSR count). The molecule has 0 saturated carbocycles. The molecule has 0 spiro atoms. The minimum Gasteiger partial charge on any atom is -0.345 e. The van der Waals surface area contributed by atoms with E-state index in [9.17, 15) is 9.59 Å². The molecular formula is C8H16N2O2S2. The van der Waals surface area contributed by atoms with E-state index in [-0.39, 0.29) is 17.7 Å². The van der Waals surface area contributed by atoms with Crippen LogP contribution in [-0.4, -0.2) is 35.8 Å². The Hall–Kier alpha value is -0.200. The molecule has 0 radical (unpaired) electrons. The van der Waals surface area contributed by atoms with E-state index < -0.39 is 6.04 Å². The van der Waals surface area contributed by atoms with Gasteiger partial charge in [-0.05, 0) is 20.1 Å². The van der Waals surface area contributed by atoms with Crippen LogP contribution in [-0.2, 0) is 9.59 Å². The number of amides is 1. The van der Waals surface area contributed by atoms with E-state index in [1.165, 1.54) is 6.92 Å². The lowest BCUT2D eigenvalue weighted by Gasteiger charge is -2.16. The number of rotatable bonds is 6. The smallest absolute Gasteiger partial charge is 0.239 e. The van der Waals surface area contributed by atoms with Gasteiger partial charge in [-0.15, -0.1) is 0 Å². The predicted octanol–water partition coefficient (Wildman–Crippen LogP) is 0.246. The van der Waals surface area contributed by atoms with Gasteiger partial charge in [0.1, 0.15) is 6.04 Å². The third-order valence-electron chi connectivity index (χ3n) is 1.77. The molecule has 2 N–H and O–H groups in total. The van der Waals surface area contributed by atoms with Crippen molar-refractivity contribution in [3.05, 3.63) is 0 Å². The Bertz CT molecular complexity index is 212. The van der Waals surface area contributed by atoms with Crippen LogP contribution in [0, 0.1) is 0 Å². The molecular weight excluding hydrogens is 220 g/mol. The van der Waals surface area contributed by atoms with Gasteiger partial charge >= 0.3 is 0 Å². The first-order valence-electron chi connectivity index (χ1n) is 4.22. The van der Waals surface area contributed by atoms with Crippen LogP contribution >= 0.6 is 24.6 Å². The predicted molar refractivity (Wildman–Crippen MR) is 62.6 cm³/mol. The molecule has 0 aliphatic heterocycles. The molecule has 0 aromatic heterocycles. The standard InChI is InChI=1S/C8H16N2O2S2/c1-5(6(2)11)9-8(12)7(10-13)4-14-3/h5,7,10,13H,4H2,1-3H3,(H,9,12). The summed E-state index contributed by atoms with van der Waals surface area (Å²) < 4.78 is 2.60. The van der Waals surface area contributed by atoms with Crippen molar-refractivity contribution < 1.29 is 9.59 Å². The second-order valence-corrected chi connectivity index (χ2v) is 4.15. The van der Waals surface area contributed by atoms with Gasteiger partial charge < -0.3 is 5.32 Å². The lowest BCUT2D eigenvalue weighted by atomic mass is 10.2. The molecule has 82 valence electrons. The Labute approximate surface area is 94.1 Å². The normalized spacial score (nSPS) is 14.6. The molecule has 0 heterocycles. The van der Waals surface area contributed by atoms with Crippen LogP contribution in [0.5, 0.6) is 0 Å². The molecule has 2 unspecified atom stereocenters. The molecule has 0 aromatic carbocycles. The lowest BCUT2D eigenvalue weighted by Crippen LogP contribution is -2.47. The zero-order valence-corrected chi connectivity index (χ0v) is 10.2. The minimum absolute atomic E-state index is 0.0552. The van der Waals surface area contributed by atoms with E-state index in [2.05, 4.69) is 22.9 Å². The highest BCUT2D eigenvalue weighted by Crippen LogP contribution is 1.99. The number of carbonyl (C=O) groups excluding carboxylic acids is 2. The van der Waals surface area contributed by atoms with Crippen LogP contribution in [0.2, 0.25) is 0 Å². The molecule has 14 heavy (non-hydrogen) atoms. The summed E-state index contributed by atoms with van der Waals surface area (Å²) in [5.74, 6) is 0.373. The summed E-state index contributed by atoms with van der Waals surface area (Å²) in [5.41, 5.74) is 0. The zero-order valence-electron chi connectivity index (χ0n) is 8.53. The van der Waals surface area contributed by atoms with Crippen LogP contribution in [0.15, 0.2) is 0 Å². The Morgan fingerprint density at radius 2 is 2.07 bits per heavy atom. The van der Waals surface area contributed by atoms with E-state index in [0.29, 0.717) is 5.75 Å². The topological polar surface area (TPSA) is 58.2 Å². The van der Waals surface area contributed by atoms with E-state index in [1.807, 2.05) is 6.26 Å². The van der Waals surface area contributed by atoms with Gasteiger partial charge in [0.15, 0.2) is 5.78 Å². The van der Waals surface area contributed by atoms with E-state index >= 15 is 0 Å². The molecule has 0 saturated heterocycles. The minimum atomic E-state index is -0.437. The van der Waals surface area contributed by atoms with Gasteiger partial charge in [0.25, 0.3) is 0 Å². The number of thiol groups is 1. The highest BCUT2D eigenvalue weighted by molar-refractivity contribution is 7.98. The number of nitrogens with one attached hydrogen (secondary N) is 2. The van der Waals surface area contributed by atoms with Crippen molar-refractivity contribution >= 4 is 36.3 Å². The third kappa shape index (κ3) is 4.88. The number of hydrogen-bond acceptors (Lipinski definition) is 5. The van der Waals surface area contributed by atoms with E-state index in [1.54, 1.807) is 18.7 Å².